The number of hydrogen-bond donors (Lipinski definition) is 1. The molecule has 23 heavy (non-hydrogen) atoms. The molecule has 0 spiro atoms. The third kappa shape index (κ3) is 3.56. The minimum absolute atomic E-state index is 0.0117. The second-order valence-electron chi connectivity index (χ2n) is 5.41. The summed E-state index contributed by atoms with van der Waals surface area (Å²) in [5.41, 5.74) is 2.60. The van der Waals surface area contributed by atoms with Crippen molar-refractivity contribution in [1.82, 2.24) is 0 Å². The Hall–Kier alpha value is -2.27. The number of rotatable bonds is 3. The van der Waals surface area contributed by atoms with E-state index in [2.05, 4.69) is 5.32 Å². The maximum atomic E-state index is 12.4. The van der Waals surface area contributed by atoms with E-state index >= 15 is 0 Å². The van der Waals surface area contributed by atoms with Gasteiger partial charge in [0.2, 0.25) is 11.8 Å². The number of nitrogens with zero attached hydrogens (tertiary/aromatic N) is 1. The van der Waals surface area contributed by atoms with Gasteiger partial charge >= 0.3 is 0 Å². The average Bonchev–Trinajstić information content (AvgIpc) is 2.70. The zero-order valence-electron chi connectivity index (χ0n) is 12.9. The van der Waals surface area contributed by atoms with Gasteiger partial charge in [0.15, 0.2) is 0 Å². The number of carbonyl (C=O) groups excluding carboxylic acids is 2. The number of nitrogens with one attached hydrogen (secondary N) is 1. The SMILES string of the molecule is Cc1ccccc1NC(=O)CN1C(=O)CCSc2ccccc21. The largest absolute Gasteiger partial charge is 0.324 e. The Labute approximate surface area is 139 Å². The van der Waals surface area contributed by atoms with E-state index in [4.69, 9.17) is 0 Å². The number of carbonyl (C=O) groups is 2. The number of anilines is 2. The second-order valence-corrected chi connectivity index (χ2v) is 6.55. The quantitative estimate of drug-likeness (QED) is 0.940. The van der Waals surface area contributed by atoms with Crippen LogP contribution in [0.2, 0.25) is 0 Å². The molecule has 0 aromatic heterocycles. The molecule has 0 aliphatic carbocycles. The fourth-order valence-electron chi connectivity index (χ4n) is 2.54. The van der Waals surface area contributed by atoms with Crippen LogP contribution in [0.4, 0.5) is 11.4 Å². The highest BCUT2D eigenvalue weighted by Crippen LogP contribution is 2.33. The van der Waals surface area contributed by atoms with Gasteiger partial charge in [0.05, 0.1) is 5.69 Å². The summed E-state index contributed by atoms with van der Waals surface area (Å²) in [4.78, 5) is 27.4. The Kier molecular flexibility index (Phi) is 4.67. The van der Waals surface area contributed by atoms with Gasteiger partial charge in [-0.3, -0.25) is 9.59 Å². The molecule has 0 atom stereocenters. The minimum atomic E-state index is -0.186. The van der Waals surface area contributed by atoms with Crippen LogP contribution in [0.1, 0.15) is 12.0 Å². The van der Waals surface area contributed by atoms with Crippen LogP contribution in [0, 0.1) is 6.92 Å². The number of para-hydroxylation sites is 2. The first-order chi connectivity index (χ1) is 11.1. The molecule has 3 rings (SSSR count). The molecule has 2 amide bonds. The molecule has 0 radical (unpaired) electrons. The van der Waals surface area contributed by atoms with Crippen molar-refractivity contribution in [1.29, 1.82) is 0 Å². The van der Waals surface area contributed by atoms with E-state index in [9.17, 15) is 9.59 Å². The van der Waals surface area contributed by atoms with E-state index in [0.717, 1.165) is 27.6 Å². The van der Waals surface area contributed by atoms with Crippen molar-refractivity contribution < 1.29 is 9.59 Å². The van der Waals surface area contributed by atoms with Crippen molar-refractivity contribution in [3.8, 4) is 0 Å². The maximum Gasteiger partial charge on any atom is 0.244 e. The van der Waals surface area contributed by atoms with E-state index in [1.54, 1.807) is 16.7 Å². The summed E-state index contributed by atoms with van der Waals surface area (Å²) in [7, 11) is 0. The molecule has 2 aromatic carbocycles. The fraction of sp³-hybridized carbons (Fsp3) is 0.222. The monoisotopic (exact) mass is 326 g/mol. The van der Waals surface area contributed by atoms with Crippen molar-refractivity contribution in [2.24, 2.45) is 0 Å². The van der Waals surface area contributed by atoms with E-state index in [1.165, 1.54) is 0 Å². The van der Waals surface area contributed by atoms with Gasteiger partial charge in [0, 0.05) is 22.8 Å². The highest BCUT2D eigenvalue weighted by atomic mass is 32.2. The molecule has 2 aromatic rings. The standard InChI is InChI=1S/C18H18N2O2S/c1-13-6-2-3-7-14(13)19-17(21)12-20-15-8-4-5-9-16(15)23-11-10-18(20)22/h2-9H,10-12H2,1H3,(H,19,21). The van der Waals surface area contributed by atoms with Gasteiger partial charge in [-0.05, 0) is 30.7 Å². The lowest BCUT2D eigenvalue weighted by atomic mass is 10.2. The molecule has 0 fully saturated rings. The van der Waals surface area contributed by atoms with Crippen molar-refractivity contribution >= 4 is 35.0 Å². The Balaban J connectivity index is 1.79. The average molecular weight is 326 g/mol. The number of amides is 2. The fourth-order valence-corrected chi connectivity index (χ4v) is 3.54. The Bertz CT molecular complexity index is 745. The predicted octanol–water partition coefficient (Wildman–Crippen LogP) is 3.46. The van der Waals surface area contributed by atoms with Gasteiger partial charge in [0.1, 0.15) is 6.54 Å². The van der Waals surface area contributed by atoms with Crippen LogP contribution < -0.4 is 10.2 Å². The zero-order chi connectivity index (χ0) is 16.2. The summed E-state index contributed by atoms with van der Waals surface area (Å²) < 4.78 is 0. The number of aryl methyl sites for hydroxylation is 1. The normalized spacial score (nSPS) is 14.1. The molecule has 4 nitrogen and oxygen atoms in total. The molecule has 0 saturated carbocycles. The number of benzene rings is 2. The maximum absolute atomic E-state index is 12.4. The van der Waals surface area contributed by atoms with Crippen molar-refractivity contribution in [3.63, 3.8) is 0 Å². The third-order valence-corrected chi connectivity index (χ3v) is 4.82. The van der Waals surface area contributed by atoms with Gasteiger partial charge < -0.3 is 10.2 Å². The summed E-state index contributed by atoms with van der Waals surface area (Å²) >= 11 is 1.66. The van der Waals surface area contributed by atoms with Gasteiger partial charge in [-0.25, -0.2) is 0 Å². The number of fused-ring (bicyclic) bond motifs is 1. The van der Waals surface area contributed by atoms with Gasteiger partial charge in [-0.2, -0.15) is 0 Å². The van der Waals surface area contributed by atoms with Crippen molar-refractivity contribution in [2.75, 3.05) is 22.5 Å². The number of hydrogen-bond acceptors (Lipinski definition) is 3. The first-order valence-corrected chi connectivity index (χ1v) is 8.51. The van der Waals surface area contributed by atoms with Crippen LogP contribution >= 0.6 is 11.8 Å². The van der Waals surface area contributed by atoms with Crippen LogP contribution in [-0.2, 0) is 9.59 Å². The van der Waals surface area contributed by atoms with Gasteiger partial charge in [0.25, 0.3) is 0 Å². The Morgan fingerprint density at radius 1 is 1.17 bits per heavy atom. The second kappa shape index (κ2) is 6.87. The van der Waals surface area contributed by atoms with Crippen LogP contribution in [0.5, 0.6) is 0 Å². The van der Waals surface area contributed by atoms with E-state index in [-0.39, 0.29) is 18.4 Å². The van der Waals surface area contributed by atoms with Crippen LogP contribution in [-0.4, -0.2) is 24.1 Å². The highest BCUT2D eigenvalue weighted by Gasteiger charge is 2.24. The predicted molar refractivity (Wildman–Crippen MR) is 93.9 cm³/mol. The summed E-state index contributed by atoms with van der Waals surface area (Å²) in [6.07, 6.45) is 0.441. The summed E-state index contributed by atoms with van der Waals surface area (Å²) in [6, 6.07) is 15.3. The molecule has 1 aliphatic heterocycles. The van der Waals surface area contributed by atoms with Crippen molar-refractivity contribution in [3.05, 3.63) is 54.1 Å². The topological polar surface area (TPSA) is 49.4 Å². The van der Waals surface area contributed by atoms with Crippen LogP contribution in [0.25, 0.3) is 0 Å². The first-order valence-electron chi connectivity index (χ1n) is 7.53. The van der Waals surface area contributed by atoms with E-state index in [0.29, 0.717) is 6.42 Å². The molecule has 5 heteroatoms. The number of thioether (sulfide) groups is 1. The molecule has 1 heterocycles. The lowest BCUT2D eigenvalue weighted by Crippen LogP contribution is -2.38. The highest BCUT2D eigenvalue weighted by molar-refractivity contribution is 7.99. The van der Waals surface area contributed by atoms with E-state index < -0.39 is 0 Å². The Morgan fingerprint density at radius 2 is 1.91 bits per heavy atom. The van der Waals surface area contributed by atoms with Crippen LogP contribution in [0.15, 0.2) is 53.4 Å². The smallest absolute Gasteiger partial charge is 0.244 e. The lowest BCUT2D eigenvalue weighted by Gasteiger charge is -2.22. The first kappa shape index (κ1) is 15.6. The Morgan fingerprint density at radius 3 is 2.74 bits per heavy atom. The molecule has 0 bridgehead atoms. The summed E-state index contributed by atoms with van der Waals surface area (Å²) in [5, 5.41) is 2.89. The molecule has 118 valence electrons. The molecule has 1 aliphatic rings. The van der Waals surface area contributed by atoms with Crippen molar-refractivity contribution in [2.45, 2.75) is 18.2 Å². The molecule has 1 N–H and O–H groups in total. The van der Waals surface area contributed by atoms with Crippen LogP contribution in [0.3, 0.4) is 0 Å². The van der Waals surface area contributed by atoms with Gasteiger partial charge in [-0.15, -0.1) is 11.8 Å². The summed E-state index contributed by atoms with van der Waals surface area (Å²) in [5.74, 6) is 0.544. The molecular weight excluding hydrogens is 308 g/mol. The molecular formula is C18H18N2O2S. The van der Waals surface area contributed by atoms with Gasteiger partial charge in [-0.1, -0.05) is 30.3 Å². The lowest BCUT2D eigenvalue weighted by molar-refractivity contribution is -0.121. The minimum Gasteiger partial charge on any atom is -0.324 e. The van der Waals surface area contributed by atoms with E-state index in [1.807, 2.05) is 55.5 Å². The zero-order valence-corrected chi connectivity index (χ0v) is 13.7. The summed E-state index contributed by atoms with van der Waals surface area (Å²) in [6.45, 7) is 1.98. The third-order valence-electron chi connectivity index (χ3n) is 3.75. The molecule has 0 saturated heterocycles. The molecule has 0 unspecified atom stereocenters.